The molecule has 1 amide bonds. The van der Waals surface area contributed by atoms with Gasteiger partial charge in [-0.05, 0) is 24.3 Å². The van der Waals surface area contributed by atoms with Gasteiger partial charge in [0.1, 0.15) is 24.1 Å². The number of amides is 1. The summed E-state index contributed by atoms with van der Waals surface area (Å²) in [5.74, 6) is -0.779. The Morgan fingerprint density at radius 3 is 2.20 bits per heavy atom. The molecule has 1 heterocycles. The third-order valence-electron chi connectivity index (χ3n) is 2.98. The molecule has 0 bridgehead atoms. The van der Waals surface area contributed by atoms with E-state index < -0.39 is 36.6 Å². The van der Waals surface area contributed by atoms with Crippen LogP contribution in [-0.2, 0) is 9.53 Å². The van der Waals surface area contributed by atoms with Crippen LogP contribution in [0.3, 0.4) is 0 Å². The number of aromatic hydroxyl groups is 1. The maximum Gasteiger partial charge on any atom is 0.256 e. The summed E-state index contributed by atoms with van der Waals surface area (Å²) in [6, 6.07) is 5.54. The van der Waals surface area contributed by atoms with Crippen molar-refractivity contribution < 1.29 is 35.1 Å². The van der Waals surface area contributed by atoms with Crippen LogP contribution in [-0.4, -0.2) is 62.1 Å². The maximum absolute atomic E-state index is 11.9. The fourth-order valence-electron chi connectivity index (χ4n) is 1.84. The number of nitrogens with one attached hydrogen (secondary N) is 1. The lowest BCUT2D eigenvalue weighted by atomic mass is 9.98. The zero-order valence-corrected chi connectivity index (χ0v) is 10.2. The molecule has 2 rings (SSSR count). The van der Waals surface area contributed by atoms with Gasteiger partial charge in [-0.2, -0.15) is 0 Å². The predicted octanol–water partition coefficient (Wildman–Crippen LogP) is -1.87. The van der Waals surface area contributed by atoms with Crippen molar-refractivity contribution in [1.29, 1.82) is 0 Å². The van der Waals surface area contributed by atoms with Crippen molar-refractivity contribution in [2.45, 2.75) is 30.7 Å². The second-order valence-electron chi connectivity index (χ2n) is 4.46. The standard InChI is InChI=1S/C12H15NO7/c14-6-3-1-5(2-4-6)13-11(18)10-8(16)7(15)9(17)12(19)20-10/h1-4,7-10,12,14-17,19H,(H,13,18). The van der Waals surface area contributed by atoms with E-state index in [1.165, 1.54) is 24.3 Å². The molecule has 0 saturated carbocycles. The van der Waals surface area contributed by atoms with Gasteiger partial charge < -0.3 is 35.6 Å². The van der Waals surface area contributed by atoms with E-state index in [1.54, 1.807) is 0 Å². The molecule has 1 aromatic carbocycles. The number of rotatable bonds is 2. The average molecular weight is 285 g/mol. The lowest BCUT2D eigenvalue weighted by molar-refractivity contribution is -0.274. The molecule has 6 N–H and O–H groups in total. The monoisotopic (exact) mass is 285 g/mol. The van der Waals surface area contributed by atoms with Crippen LogP contribution >= 0.6 is 0 Å². The highest BCUT2D eigenvalue weighted by molar-refractivity contribution is 5.94. The molecule has 1 fully saturated rings. The van der Waals surface area contributed by atoms with Gasteiger partial charge in [-0.15, -0.1) is 0 Å². The number of aliphatic hydroxyl groups is 4. The van der Waals surface area contributed by atoms with E-state index in [0.717, 1.165) is 0 Å². The minimum absolute atomic E-state index is 0.0194. The topological polar surface area (TPSA) is 139 Å². The van der Waals surface area contributed by atoms with Crippen LogP contribution in [0.1, 0.15) is 0 Å². The zero-order valence-electron chi connectivity index (χ0n) is 10.2. The van der Waals surface area contributed by atoms with Gasteiger partial charge in [0.15, 0.2) is 12.4 Å². The highest BCUT2D eigenvalue weighted by Crippen LogP contribution is 2.21. The van der Waals surface area contributed by atoms with Crippen LogP contribution in [0, 0.1) is 0 Å². The van der Waals surface area contributed by atoms with E-state index in [1.807, 2.05) is 0 Å². The number of benzene rings is 1. The summed E-state index contributed by atoms with van der Waals surface area (Å²) in [6.07, 6.45) is -8.37. The summed E-state index contributed by atoms with van der Waals surface area (Å²) in [6.45, 7) is 0. The first-order valence-corrected chi connectivity index (χ1v) is 5.88. The Labute approximate surface area is 113 Å². The molecule has 0 aromatic heterocycles. The molecule has 8 heteroatoms. The third-order valence-corrected chi connectivity index (χ3v) is 2.98. The highest BCUT2D eigenvalue weighted by Gasteiger charge is 2.46. The van der Waals surface area contributed by atoms with Gasteiger partial charge in [-0.25, -0.2) is 0 Å². The molecule has 0 spiro atoms. The normalized spacial score (nSPS) is 33.7. The zero-order chi connectivity index (χ0) is 14.9. The van der Waals surface area contributed by atoms with Crippen molar-refractivity contribution in [2.75, 3.05) is 5.32 Å². The Morgan fingerprint density at radius 2 is 1.60 bits per heavy atom. The van der Waals surface area contributed by atoms with E-state index in [0.29, 0.717) is 5.69 Å². The molecule has 110 valence electrons. The van der Waals surface area contributed by atoms with Crippen molar-refractivity contribution in [2.24, 2.45) is 0 Å². The minimum atomic E-state index is -1.77. The second kappa shape index (κ2) is 5.73. The second-order valence-corrected chi connectivity index (χ2v) is 4.46. The SMILES string of the molecule is O=C(Nc1ccc(O)cc1)C1OC(O)C(O)C(O)C1O. The van der Waals surface area contributed by atoms with Gasteiger partial charge in [-0.1, -0.05) is 0 Å². The van der Waals surface area contributed by atoms with Crippen molar-refractivity contribution in [3.63, 3.8) is 0 Å². The number of phenolic OH excluding ortho intramolecular Hbond substituents is 1. The summed E-state index contributed by atoms with van der Waals surface area (Å²) < 4.78 is 4.77. The van der Waals surface area contributed by atoms with E-state index in [2.05, 4.69) is 5.32 Å². The first-order chi connectivity index (χ1) is 9.40. The molecule has 0 radical (unpaired) electrons. The molecule has 20 heavy (non-hydrogen) atoms. The Hall–Kier alpha value is -1.71. The van der Waals surface area contributed by atoms with Gasteiger partial charge in [-0.3, -0.25) is 4.79 Å². The van der Waals surface area contributed by atoms with Crippen LogP contribution in [0.15, 0.2) is 24.3 Å². The molecule has 5 atom stereocenters. The predicted molar refractivity (Wildman–Crippen MR) is 65.6 cm³/mol. The number of hydrogen-bond donors (Lipinski definition) is 6. The molecule has 5 unspecified atom stereocenters. The molecule has 1 aromatic rings. The number of ether oxygens (including phenoxy) is 1. The quantitative estimate of drug-likeness (QED) is 0.350. The Balaban J connectivity index is 2.06. The molecule has 8 nitrogen and oxygen atoms in total. The lowest BCUT2D eigenvalue weighted by Gasteiger charge is -2.37. The van der Waals surface area contributed by atoms with Crippen molar-refractivity contribution in [3.8, 4) is 5.75 Å². The first kappa shape index (κ1) is 14.7. The third kappa shape index (κ3) is 2.89. The lowest BCUT2D eigenvalue weighted by Crippen LogP contribution is -2.60. The molecule has 1 aliphatic heterocycles. The smallest absolute Gasteiger partial charge is 0.256 e. The summed E-state index contributed by atoms with van der Waals surface area (Å²) in [7, 11) is 0. The molecule has 1 saturated heterocycles. The molecular weight excluding hydrogens is 270 g/mol. The van der Waals surface area contributed by atoms with E-state index >= 15 is 0 Å². The van der Waals surface area contributed by atoms with Crippen LogP contribution in [0.2, 0.25) is 0 Å². The first-order valence-electron chi connectivity index (χ1n) is 5.88. The van der Waals surface area contributed by atoms with Crippen molar-refractivity contribution in [3.05, 3.63) is 24.3 Å². The van der Waals surface area contributed by atoms with Gasteiger partial charge >= 0.3 is 0 Å². The number of phenols is 1. The van der Waals surface area contributed by atoms with Crippen LogP contribution in [0.5, 0.6) is 5.75 Å². The fourth-order valence-corrected chi connectivity index (χ4v) is 1.84. The van der Waals surface area contributed by atoms with Gasteiger partial charge in [0.2, 0.25) is 0 Å². The largest absolute Gasteiger partial charge is 0.508 e. The van der Waals surface area contributed by atoms with E-state index in [9.17, 15) is 25.2 Å². The van der Waals surface area contributed by atoms with Gasteiger partial charge in [0.05, 0.1) is 0 Å². The fraction of sp³-hybridized carbons (Fsp3) is 0.417. The highest BCUT2D eigenvalue weighted by atomic mass is 16.6. The van der Waals surface area contributed by atoms with Crippen LogP contribution in [0.25, 0.3) is 0 Å². The van der Waals surface area contributed by atoms with E-state index in [-0.39, 0.29) is 5.75 Å². The summed E-state index contributed by atoms with van der Waals surface area (Å²) in [4.78, 5) is 11.9. The summed E-state index contributed by atoms with van der Waals surface area (Å²) >= 11 is 0. The molecular formula is C12H15NO7. The minimum Gasteiger partial charge on any atom is -0.508 e. The van der Waals surface area contributed by atoms with Crippen LogP contribution in [0.4, 0.5) is 5.69 Å². The summed E-state index contributed by atoms with van der Waals surface area (Å²) in [5, 5.41) is 49.3. The molecule has 1 aliphatic rings. The van der Waals surface area contributed by atoms with Gasteiger partial charge in [0.25, 0.3) is 5.91 Å². The Kier molecular flexibility index (Phi) is 4.21. The summed E-state index contributed by atoms with van der Waals surface area (Å²) in [5.41, 5.74) is 0.332. The molecule has 0 aliphatic carbocycles. The Morgan fingerprint density at radius 1 is 1.00 bits per heavy atom. The number of carbonyl (C=O) groups excluding carboxylic acids is 1. The van der Waals surface area contributed by atoms with Crippen molar-refractivity contribution >= 4 is 11.6 Å². The number of carbonyl (C=O) groups is 1. The van der Waals surface area contributed by atoms with Crippen LogP contribution < -0.4 is 5.32 Å². The number of aliphatic hydroxyl groups excluding tert-OH is 4. The Bertz CT molecular complexity index is 477. The van der Waals surface area contributed by atoms with Gasteiger partial charge in [0, 0.05) is 5.69 Å². The van der Waals surface area contributed by atoms with Crippen molar-refractivity contribution in [1.82, 2.24) is 0 Å². The number of anilines is 1. The maximum atomic E-state index is 11.9. The number of hydrogen-bond acceptors (Lipinski definition) is 7. The van der Waals surface area contributed by atoms with E-state index in [4.69, 9.17) is 9.84 Å². The average Bonchev–Trinajstić information content (AvgIpc) is 2.43.